The number of amides is 1. The van der Waals surface area contributed by atoms with Crippen LogP contribution in [0.25, 0.3) is 11.0 Å². The summed E-state index contributed by atoms with van der Waals surface area (Å²) >= 11 is 0. The van der Waals surface area contributed by atoms with Gasteiger partial charge in [-0.3, -0.25) is 4.79 Å². The monoisotopic (exact) mass is 397 g/mol. The molecule has 0 aliphatic carbocycles. The molecule has 1 aliphatic rings. The number of aromatic nitrogens is 2. The number of hydrogen-bond donors (Lipinski definition) is 0. The van der Waals surface area contributed by atoms with E-state index in [0.717, 1.165) is 29.4 Å². The third kappa shape index (κ3) is 3.74. The zero-order valence-corrected chi connectivity index (χ0v) is 16.7. The molecule has 0 spiro atoms. The first-order valence-electron chi connectivity index (χ1n) is 9.76. The van der Waals surface area contributed by atoms with E-state index in [9.17, 15) is 9.59 Å². The van der Waals surface area contributed by atoms with Crippen molar-refractivity contribution in [1.82, 2.24) is 15.0 Å². The average molecular weight is 397 g/mol. The number of aryl methyl sites for hydroxylation is 3. The molecule has 0 N–H and O–H groups in total. The van der Waals surface area contributed by atoms with Gasteiger partial charge >= 0.3 is 5.63 Å². The summed E-state index contributed by atoms with van der Waals surface area (Å²) in [5, 5.41) is 4.56. The lowest BCUT2D eigenvalue weighted by Gasteiger charge is -2.22. The van der Waals surface area contributed by atoms with Crippen molar-refractivity contribution >= 4 is 16.9 Å². The number of rotatable bonds is 5. The highest BCUT2D eigenvalue weighted by Crippen LogP contribution is 2.32. The van der Waals surface area contributed by atoms with Crippen LogP contribution in [-0.2, 0) is 11.2 Å². The van der Waals surface area contributed by atoms with Gasteiger partial charge in [0, 0.05) is 12.6 Å². The lowest BCUT2D eigenvalue weighted by Crippen LogP contribution is -2.34. The van der Waals surface area contributed by atoms with Crippen molar-refractivity contribution in [3.8, 4) is 5.75 Å². The van der Waals surface area contributed by atoms with Gasteiger partial charge in [-0.2, -0.15) is 4.98 Å². The minimum absolute atomic E-state index is 0.121. The van der Waals surface area contributed by atoms with E-state index in [4.69, 9.17) is 13.7 Å². The van der Waals surface area contributed by atoms with E-state index in [1.54, 1.807) is 17.9 Å². The van der Waals surface area contributed by atoms with Crippen LogP contribution >= 0.6 is 0 Å². The van der Waals surface area contributed by atoms with Gasteiger partial charge in [-0.15, -0.1) is 0 Å². The third-order valence-electron chi connectivity index (χ3n) is 5.17. The number of carbonyl (C=O) groups excluding carboxylic acids is 1. The summed E-state index contributed by atoms with van der Waals surface area (Å²) in [6.07, 6.45) is 2.31. The Labute approximate surface area is 167 Å². The highest BCUT2D eigenvalue weighted by molar-refractivity contribution is 5.88. The highest BCUT2D eigenvalue weighted by Gasteiger charge is 2.34. The Kier molecular flexibility index (Phi) is 5.08. The highest BCUT2D eigenvalue weighted by atomic mass is 16.5. The normalized spacial score (nSPS) is 16.5. The fraction of sp³-hybridized carbons (Fsp3) is 0.429. The summed E-state index contributed by atoms with van der Waals surface area (Å²) in [6, 6.07) is 4.92. The van der Waals surface area contributed by atoms with Gasteiger partial charge < -0.3 is 18.6 Å². The third-order valence-corrected chi connectivity index (χ3v) is 5.17. The number of fused-ring (bicyclic) bond motifs is 1. The molecular weight excluding hydrogens is 374 g/mol. The van der Waals surface area contributed by atoms with Crippen LogP contribution in [-0.4, -0.2) is 34.1 Å². The summed E-state index contributed by atoms with van der Waals surface area (Å²) in [7, 11) is 0. The fourth-order valence-electron chi connectivity index (χ4n) is 3.86. The Hall–Kier alpha value is -3.16. The predicted molar refractivity (Wildman–Crippen MR) is 105 cm³/mol. The fourth-order valence-corrected chi connectivity index (χ4v) is 3.86. The van der Waals surface area contributed by atoms with Crippen LogP contribution in [0.2, 0.25) is 0 Å². The quantitative estimate of drug-likeness (QED) is 0.610. The van der Waals surface area contributed by atoms with Gasteiger partial charge in [-0.25, -0.2) is 4.79 Å². The summed E-state index contributed by atoms with van der Waals surface area (Å²) in [6.45, 7) is 6.11. The molecule has 3 heterocycles. The van der Waals surface area contributed by atoms with Crippen molar-refractivity contribution < 1.29 is 18.5 Å². The zero-order valence-electron chi connectivity index (χ0n) is 16.7. The van der Waals surface area contributed by atoms with Crippen LogP contribution in [0.3, 0.4) is 0 Å². The van der Waals surface area contributed by atoms with E-state index in [2.05, 4.69) is 10.1 Å². The van der Waals surface area contributed by atoms with Crippen molar-refractivity contribution in [2.24, 2.45) is 0 Å². The van der Waals surface area contributed by atoms with Gasteiger partial charge in [0.25, 0.3) is 5.91 Å². The zero-order chi connectivity index (χ0) is 20.5. The Morgan fingerprint density at radius 1 is 1.31 bits per heavy atom. The molecule has 3 aromatic rings. The van der Waals surface area contributed by atoms with Gasteiger partial charge in [0.05, 0.1) is 5.39 Å². The van der Waals surface area contributed by atoms with Crippen LogP contribution in [0.1, 0.15) is 48.6 Å². The largest absolute Gasteiger partial charge is 0.483 e. The number of carbonyl (C=O) groups is 1. The van der Waals surface area contributed by atoms with E-state index in [0.29, 0.717) is 36.0 Å². The van der Waals surface area contributed by atoms with Crippen LogP contribution in [0.4, 0.5) is 0 Å². The van der Waals surface area contributed by atoms with E-state index in [-0.39, 0.29) is 18.6 Å². The van der Waals surface area contributed by atoms with E-state index >= 15 is 0 Å². The molecule has 1 fully saturated rings. The minimum Gasteiger partial charge on any atom is -0.483 e. The van der Waals surface area contributed by atoms with Gasteiger partial charge in [0.2, 0.25) is 5.89 Å². The second-order valence-corrected chi connectivity index (χ2v) is 7.29. The molecule has 152 valence electrons. The molecule has 1 saturated heterocycles. The Balaban J connectivity index is 1.58. The van der Waals surface area contributed by atoms with E-state index in [1.165, 1.54) is 6.07 Å². The van der Waals surface area contributed by atoms with Gasteiger partial charge in [0.1, 0.15) is 17.4 Å². The van der Waals surface area contributed by atoms with Crippen LogP contribution in [0.15, 0.2) is 31.9 Å². The minimum atomic E-state index is -0.392. The smallest absolute Gasteiger partial charge is 0.336 e. The molecule has 1 amide bonds. The molecule has 1 aromatic carbocycles. The van der Waals surface area contributed by atoms with Crippen molar-refractivity contribution in [3.63, 3.8) is 0 Å². The summed E-state index contributed by atoms with van der Waals surface area (Å²) in [5.74, 6) is 1.41. The molecular formula is C21H23N3O5. The summed E-state index contributed by atoms with van der Waals surface area (Å²) in [4.78, 5) is 30.7. The van der Waals surface area contributed by atoms with Crippen molar-refractivity contribution in [2.75, 3.05) is 13.2 Å². The number of benzene rings is 1. The number of hydrogen-bond acceptors (Lipinski definition) is 7. The van der Waals surface area contributed by atoms with Gasteiger partial charge in [-0.1, -0.05) is 12.1 Å². The molecule has 1 aliphatic heterocycles. The maximum absolute atomic E-state index is 12.9. The molecule has 1 unspecified atom stereocenters. The molecule has 2 aromatic heterocycles. The molecule has 1 atom stereocenters. The summed E-state index contributed by atoms with van der Waals surface area (Å²) in [5.41, 5.74) is 1.80. The van der Waals surface area contributed by atoms with E-state index < -0.39 is 5.63 Å². The van der Waals surface area contributed by atoms with Crippen LogP contribution in [0, 0.1) is 13.8 Å². The van der Waals surface area contributed by atoms with Crippen molar-refractivity contribution in [2.45, 2.75) is 46.1 Å². The second-order valence-electron chi connectivity index (χ2n) is 7.29. The molecule has 8 heteroatoms. The molecule has 29 heavy (non-hydrogen) atoms. The molecule has 8 nitrogen and oxygen atoms in total. The Morgan fingerprint density at radius 2 is 2.14 bits per heavy atom. The maximum atomic E-state index is 12.9. The van der Waals surface area contributed by atoms with Gasteiger partial charge in [-0.05, 0) is 56.4 Å². The van der Waals surface area contributed by atoms with Gasteiger partial charge in [0.15, 0.2) is 12.4 Å². The van der Waals surface area contributed by atoms with Crippen molar-refractivity contribution in [3.05, 3.63) is 51.5 Å². The van der Waals surface area contributed by atoms with E-state index in [1.807, 2.05) is 19.9 Å². The predicted octanol–water partition coefficient (Wildman–Crippen LogP) is 3.10. The van der Waals surface area contributed by atoms with Crippen LogP contribution < -0.4 is 10.4 Å². The second kappa shape index (κ2) is 7.69. The number of nitrogens with zero attached hydrogens (tertiary/aromatic N) is 3. The van der Waals surface area contributed by atoms with Crippen molar-refractivity contribution in [1.29, 1.82) is 0 Å². The average Bonchev–Trinajstić information content (AvgIpc) is 3.33. The number of likely N-dealkylation sites (tertiary alicyclic amines) is 1. The molecule has 0 bridgehead atoms. The SMILES string of the molecule is CCc1cc(=O)oc2cc(C)cc(OCC(=O)N3CCCC3c3nc(C)no3)c12. The molecule has 0 radical (unpaired) electrons. The standard InChI is InChI=1S/C21H23N3O5/c1-4-14-10-19(26)28-17-9-12(2)8-16(20(14)17)27-11-18(25)24-7-5-6-15(24)21-22-13(3)23-29-21/h8-10,15H,4-7,11H2,1-3H3. The lowest BCUT2D eigenvalue weighted by molar-refractivity contribution is -0.134. The number of ether oxygens (including phenoxy) is 1. The first-order chi connectivity index (χ1) is 14.0. The molecule has 0 saturated carbocycles. The molecule has 4 rings (SSSR count). The lowest BCUT2D eigenvalue weighted by atomic mass is 10.1. The first kappa shape index (κ1) is 19.2. The first-order valence-corrected chi connectivity index (χ1v) is 9.76. The Bertz CT molecular complexity index is 1120. The topological polar surface area (TPSA) is 98.7 Å². The maximum Gasteiger partial charge on any atom is 0.336 e. The summed E-state index contributed by atoms with van der Waals surface area (Å²) < 4.78 is 16.5. The Morgan fingerprint density at radius 3 is 2.86 bits per heavy atom. The van der Waals surface area contributed by atoms with Crippen LogP contribution in [0.5, 0.6) is 5.75 Å².